The molecule has 33 heavy (non-hydrogen) atoms. The SMILES string of the molecule is CCCCCCCCCCCCCCCCC=CC(F)(CCCCCCCC)S(=O)(=O)[O-].[K+]. The first-order valence-corrected chi connectivity index (χ1v) is 15.1. The monoisotopic (exact) mass is 514 g/mol. The third kappa shape index (κ3) is 22.2. The fraction of sp³-hybridized carbons (Fsp3) is 0.926. The number of halogens is 1. The van der Waals surface area contributed by atoms with Gasteiger partial charge in [0.25, 0.3) is 0 Å². The molecule has 0 aromatic heterocycles. The molecule has 0 amide bonds. The van der Waals surface area contributed by atoms with Crippen molar-refractivity contribution in [1.29, 1.82) is 0 Å². The Kier molecular flexibility index (Phi) is 27.4. The summed E-state index contributed by atoms with van der Waals surface area (Å²) in [6.07, 6.45) is 26.5. The minimum Gasteiger partial charge on any atom is -0.745 e. The van der Waals surface area contributed by atoms with Crippen LogP contribution in [0.15, 0.2) is 12.2 Å². The first kappa shape index (κ1) is 36.4. The van der Waals surface area contributed by atoms with Gasteiger partial charge in [-0.25, -0.2) is 12.8 Å². The van der Waals surface area contributed by atoms with Crippen LogP contribution in [0.4, 0.5) is 4.39 Å². The smallest absolute Gasteiger partial charge is 0.745 e. The van der Waals surface area contributed by atoms with E-state index in [0.717, 1.165) is 51.0 Å². The molecule has 0 aliphatic heterocycles. The Balaban J connectivity index is 0. The Labute approximate surface area is 248 Å². The molecule has 0 aromatic carbocycles. The quantitative estimate of drug-likeness (QED) is 0.0650. The summed E-state index contributed by atoms with van der Waals surface area (Å²) in [5, 5.41) is -2.74. The van der Waals surface area contributed by atoms with Crippen LogP contribution in [0.25, 0.3) is 0 Å². The minimum absolute atomic E-state index is 0. The predicted octanol–water partition coefficient (Wildman–Crippen LogP) is 6.38. The van der Waals surface area contributed by atoms with Crippen LogP contribution in [0, 0.1) is 0 Å². The molecule has 0 radical (unpaired) electrons. The van der Waals surface area contributed by atoms with E-state index < -0.39 is 15.1 Å². The van der Waals surface area contributed by atoms with Crippen molar-refractivity contribution in [3.05, 3.63) is 12.2 Å². The normalized spacial score (nSPS) is 13.8. The summed E-state index contributed by atoms with van der Waals surface area (Å²) in [5.74, 6) is 0. The van der Waals surface area contributed by atoms with Crippen LogP contribution in [0.2, 0.25) is 0 Å². The number of unbranched alkanes of at least 4 members (excludes halogenated alkanes) is 19. The molecule has 0 fully saturated rings. The molecule has 0 aromatic rings. The van der Waals surface area contributed by atoms with Crippen molar-refractivity contribution < 1.29 is 68.7 Å². The fourth-order valence-corrected chi connectivity index (χ4v) is 4.81. The first-order chi connectivity index (χ1) is 15.4. The van der Waals surface area contributed by atoms with Gasteiger partial charge in [0.05, 0.1) is 0 Å². The average Bonchev–Trinajstić information content (AvgIpc) is 2.75. The molecule has 0 N–H and O–H groups in total. The maximum absolute atomic E-state index is 14.8. The van der Waals surface area contributed by atoms with Gasteiger partial charge < -0.3 is 4.55 Å². The molecular formula is C27H52FKO3S. The van der Waals surface area contributed by atoms with Crippen molar-refractivity contribution in [1.82, 2.24) is 0 Å². The number of allylic oxidation sites excluding steroid dienone is 1. The summed E-state index contributed by atoms with van der Waals surface area (Å²) in [4.78, 5) is 0. The maximum atomic E-state index is 14.8. The van der Waals surface area contributed by atoms with Gasteiger partial charge in [-0.05, 0) is 31.8 Å². The van der Waals surface area contributed by atoms with Gasteiger partial charge in [-0.2, -0.15) is 0 Å². The fourth-order valence-electron chi connectivity index (χ4n) is 4.15. The molecular weight excluding hydrogens is 462 g/mol. The van der Waals surface area contributed by atoms with Gasteiger partial charge in [0.2, 0.25) is 5.00 Å². The molecule has 0 heterocycles. The topological polar surface area (TPSA) is 57.2 Å². The van der Waals surface area contributed by atoms with Crippen LogP contribution in [-0.2, 0) is 10.1 Å². The van der Waals surface area contributed by atoms with Crippen LogP contribution in [0.3, 0.4) is 0 Å². The Morgan fingerprint density at radius 3 is 1.33 bits per heavy atom. The minimum atomic E-state index is -4.99. The van der Waals surface area contributed by atoms with Gasteiger partial charge in [-0.15, -0.1) is 0 Å². The summed E-state index contributed by atoms with van der Waals surface area (Å²) >= 11 is 0. The molecule has 0 saturated carbocycles. The van der Waals surface area contributed by atoms with Crippen molar-refractivity contribution in [2.24, 2.45) is 0 Å². The van der Waals surface area contributed by atoms with Crippen molar-refractivity contribution >= 4 is 10.1 Å². The van der Waals surface area contributed by atoms with E-state index in [-0.39, 0.29) is 57.8 Å². The number of alkyl halides is 1. The van der Waals surface area contributed by atoms with Crippen LogP contribution in [0.1, 0.15) is 155 Å². The Morgan fingerprint density at radius 1 is 0.636 bits per heavy atom. The summed E-state index contributed by atoms with van der Waals surface area (Å²) in [6, 6.07) is 0. The van der Waals surface area contributed by atoms with Gasteiger partial charge in [0.1, 0.15) is 10.1 Å². The number of hydrogen-bond donors (Lipinski definition) is 0. The van der Waals surface area contributed by atoms with E-state index in [0.29, 0.717) is 12.8 Å². The Bertz CT molecular complexity index is 539. The summed E-state index contributed by atoms with van der Waals surface area (Å²) in [6.45, 7) is 4.38. The zero-order chi connectivity index (χ0) is 24.0. The Morgan fingerprint density at radius 2 is 0.970 bits per heavy atom. The predicted molar refractivity (Wildman–Crippen MR) is 136 cm³/mol. The van der Waals surface area contributed by atoms with Crippen molar-refractivity contribution in [3.63, 3.8) is 0 Å². The molecule has 1 unspecified atom stereocenters. The molecule has 0 bridgehead atoms. The third-order valence-corrected chi connectivity index (χ3v) is 7.55. The van der Waals surface area contributed by atoms with E-state index in [4.69, 9.17) is 0 Å². The molecule has 0 aliphatic rings. The van der Waals surface area contributed by atoms with Gasteiger partial charge in [-0.3, -0.25) is 0 Å². The standard InChI is InChI=1S/C27H53FO3S.K/c1-3-5-7-9-11-12-13-14-15-16-17-18-19-20-22-24-26-27(28,32(29,30)31)25-23-21-10-8-6-4-2;/h24,26H,3-23,25H2,1-2H3,(H,29,30,31);/q;+1/p-1. The van der Waals surface area contributed by atoms with Crippen molar-refractivity contribution in [2.75, 3.05) is 0 Å². The number of hydrogen-bond acceptors (Lipinski definition) is 3. The number of rotatable bonds is 24. The zero-order valence-electron chi connectivity index (χ0n) is 22.2. The van der Waals surface area contributed by atoms with E-state index in [1.807, 2.05) is 0 Å². The van der Waals surface area contributed by atoms with Gasteiger partial charge in [0.15, 0.2) is 0 Å². The van der Waals surface area contributed by atoms with E-state index in [2.05, 4.69) is 13.8 Å². The van der Waals surface area contributed by atoms with Crippen LogP contribution in [-0.4, -0.2) is 18.0 Å². The van der Waals surface area contributed by atoms with Crippen LogP contribution >= 0.6 is 0 Å². The van der Waals surface area contributed by atoms with E-state index in [1.54, 1.807) is 6.08 Å². The summed E-state index contributed by atoms with van der Waals surface area (Å²) in [5.41, 5.74) is 0. The van der Waals surface area contributed by atoms with Gasteiger partial charge >= 0.3 is 51.4 Å². The second-order valence-electron chi connectivity index (χ2n) is 9.55. The van der Waals surface area contributed by atoms with E-state index >= 15 is 0 Å². The molecule has 192 valence electrons. The van der Waals surface area contributed by atoms with E-state index in [1.165, 1.54) is 77.0 Å². The molecule has 0 rings (SSSR count). The third-order valence-electron chi connectivity index (χ3n) is 6.38. The summed E-state index contributed by atoms with van der Waals surface area (Å²) < 4.78 is 49.1. The molecule has 0 saturated heterocycles. The maximum Gasteiger partial charge on any atom is 1.00 e. The van der Waals surface area contributed by atoms with Crippen LogP contribution < -0.4 is 51.4 Å². The second kappa shape index (κ2) is 24.9. The molecule has 1 atom stereocenters. The molecule has 0 spiro atoms. The van der Waals surface area contributed by atoms with Crippen LogP contribution in [0.5, 0.6) is 0 Å². The molecule has 0 aliphatic carbocycles. The van der Waals surface area contributed by atoms with E-state index in [9.17, 15) is 17.4 Å². The second-order valence-corrected chi connectivity index (χ2v) is 11.1. The Hall–Kier alpha value is 1.22. The van der Waals surface area contributed by atoms with Gasteiger partial charge in [-0.1, -0.05) is 135 Å². The van der Waals surface area contributed by atoms with Gasteiger partial charge in [0, 0.05) is 0 Å². The molecule has 6 heteroatoms. The largest absolute Gasteiger partial charge is 1.00 e. The summed E-state index contributed by atoms with van der Waals surface area (Å²) in [7, 11) is -4.99. The zero-order valence-corrected chi connectivity index (χ0v) is 26.2. The molecule has 3 nitrogen and oxygen atoms in total. The average molecular weight is 515 g/mol. The first-order valence-electron chi connectivity index (χ1n) is 13.7. The van der Waals surface area contributed by atoms with Crippen molar-refractivity contribution in [2.45, 2.75) is 160 Å². The van der Waals surface area contributed by atoms with Crippen molar-refractivity contribution in [3.8, 4) is 0 Å².